The van der Waals surface area contributed by atoms with Crippen molar-refractivity contribution < 1.29 is 19.4 Å². The third-order valence-corrected chi connectivity index (χ3v) is 1.84. The molecule has 0 heterocycles. The van der Waals surface area contributed by atoms with Crippen molar-refractivity contribution in [3.8, 4) is 0 Å². The van der Waals surface area contributed by atoms with Crippen molar-refractivity contribution in [2.45, 2.75) is 12.8 Å². The summed E-state index contributed by atoms with van der Waals surface area (Å²) in [7, 11) is -9.10. The average molecular weight is 183 g/mol. The molecule has 0 fully saturated rings. The van der Waals surface area contributed by atoms with Gasteiger partial charge in [0.2, 0.25) is 0 Å². The van der Waals surface area contributed by atoms with E-state index in [-0.39, 0.29) is 6.42 Å². The summed E-state index contributed by atoms with van der Waals surface area (Å²) in [4.78, 5) is 0. The first-order valence-electron chi connectivity index (χ1n) is 2.56. The van der Waals surface area contributed by atoms with Gasteiger partial charge in [-0.15, -0.1) is 0 Å². The van der Waals surface area contributed by atoms with Crippen molar-refractivity contribution in [2.75, 3.05) is 5.75 Å². The van der Waals surface area contributed by atoms with Gasteiger partial charge in [-0.25, -0.2) is 0 Å². The molecular formula is C4H8F5S. The third-order valence-electron chi connectivity index (χ3n) is 0.780. The van der Waals surface area contributed by atoms with E-state index in [9.17, 15) is 19.4 Å². The van der Waals surface area contributed by atoms with Gasteiger partial charge in [-0.05, 0) is 6.42 Å². The van der Waals surface area contributed by atoms with E-state index in [1.165, 1.54) is 0 Å². The number of rotatable bonds is 3. The van der Waals surface area contributed by atoms with Crippen LogP contribution in [0.2, 0.25) is 0 Å². The maximum atomic E-state index is 11.4. The second-order valence-electron chi connectivity index (χ2n) is 2.04. The second-order valence-corrected chi connectivity index (χ2v) is 4.71. The fourth-order valence-corrected chi connectivity index (χ4v) is 1.12. The predicted octanol–water partition coefficient (Wildman–Crippen LogP) is 3.90. The lowest BCUT2D eigenvalue weighted by Gasteiger charge is -2.40. The molecule has 10 heavy (non-hydrogen) atoms. The van der Waals surface area contributed by atoms with E-state index in [1.807, 2.05) is 0 Å². The Balaban J connectivity index is 4.13. The first-order chi connectivity index (χ1) is 4.04. The van der Waals surface area contributed by atoms with Crippen LogP contribution in [-0.4, -0.2) is 5.75 Å². The highest BCUT2D eigenvalue weighted by Crippen LogP contribution is 2.97. The molecule has 1 radical (unpaired) electrons. The topological polar surface area (TPSA) is 0 Å². The summed E-state index contributed by atoms with van der Waals surface area (Å²) in [5.41, 5.74) is 0. The molecule has 0 N–H and O–H groups in total. The van der Waals surface area contributed by atoms with E-state index in [4.69, 9.17) is 0 Å². The standard InChI is InChI=1S/C4H8F5S/c1-2-3-4-10(5,6,7,8)9/h1-4H2. The minimum atomic E-state index is -9.10. The zero-order valence-corrected chi connectivity index (χ0v) is 5.94. The van der Waals surface area contributed by atoms with Gasteiger partial charge in [0.15, 0.2) is 0 Å². The van der Waals surface area contributed by atoms with Crippen molar-refractivity contribution in [2.24, 2.45) is 0 Å². The smallest absolute Gasteiger partial charge is 0.0978 e. The van der Waals surface area contributed by atoms with Crippen molar-refractivity contribution in [1.82, 2.24) is 0 Å². The fraction of sp³-hybridized carbons (Fsp3) is 0.750. The van der Waals surface area contributed by atoms with Crippen LogP contribution in [-0.2, 0) is 0 Å². The van der Waals surface area contributed by atoms with E-state index in [0.717, 1.165) is 0 Å². The summed E-state index contributed by atoms with van der Waals surface area (Å²) in [6.07, 6.45) is -0.719. The van der Waals surface area contributed by atoms with Crippen molar-refractivity contribution in [3.05, 3.63) is 6.92 Å². The molecule has 0 aromatic carbocycles. The van der Waals surface area contributed by atoms with Gasteiger partial charge < -0.3 is 0 Å². The summed E-state index contributed by atoms with van der Waals surface area (Å²) in [5.74, 6) is -1.98. The molecule has 0 amide bonds. The Hall–Kier alpha value is -0.0000000000000000555. The minimum Gasteiger partial charge on any atom is -0.0978 e. The second kappa shape index (κ2) is 1.78. The van der Waals surface area contributed by atoms with Crippen LogP contribution in [0, 0.1) is 6.92 Å². The molecule has 0 saturated heterocycles. The number of hydrogen-bond acceptors (Lipinski definition) is 0. The minimum absolute atomic E-state index is 0.119. The molecule has 0 atom stereocenters. The van der Waals surface area contributed by atoms with Crippen LogP contribution < -0.4 is 0 Å². The Morgan fingerprint density at radius 2 is 1.40 bits per heavy atom. The molecule has 0 aliphatic carbocycles. The Morgan fingerprint density at radius 1 is 1.00 bits per heavy atom. The monoisotopic (exact) mass is 183 g/mol. The molecule has 0 aromatic rings. The fourth-order valence-electron chi connectivity index (χ4n) is 0.375. The first kappa shape index (κ1) is 10.0. The van der Waals surface area contributed by atoms with E-state index in [2.05, 4.69) is 6.92 Å². The summed E-state index contributed by atoms with van der Waals surface area (Å²) in [6.45, 7) is 3.04. The first-order valence-corrected chi connectivity index (χ1v) is 4.68. The van der Waals surface area contributed by atoms with Crippen LogP contribution in [0.15, 0.2) is 0 Å². The molecule has 0 saturated carbocycles. The van der Waals surface area contributed by atoms with Gasteiger partial charge in [0.25, 0.3) is 10.2 Å². The lowest BCUT2D eigenvalue weighted by atomic mass is 10.4. The van der Waals surface area contributed by atoms with Gasteiger partial charge in [-0.1, -0.05) is 32.8 Å². The van der Waals surface area contributed by atoms with Gasteiger partial charge >= 0.3 is 0 Å². The normalized spacial score (nSPS) is 19.8. The van der Waals surface area contributed by atoms with E-state index in [1.54, 1.807) is 0 Å². The lowest BCUT2D eigenvalue weighted by molar-refractivity contribution is 0.362. The third kappa shape index (κ3) is 8.00. The largest absolute Gasteiger partial charge is 0.285 e. The van der Waals surface area contributed by atoms with Crippen LogP contribution in [0.25, 0.3) is 0 Å². The van der Waals surface area contributed by atoms with Gasteiger partial charge in [0.1, 0.15) is 0 Å². The molecule has 65 valence electrons. The molecule has 0 rings (SSSR count). The van der Waals surface area contributed by atoms with Gasteiger partial charge in [-0.3, -0.25) is 0 Å². The highest BCUT2D eigenvalue weighted by molar-refractivity contribution is 8.45. The van der Waals surface area contributed by atoms with E-state index < -0.39 is 22.4 Å². The molecule has 0 aliphatic rings. The van der Waals surface area contributed by atoms with Crippen molar-refractivity contribution >= 4 is 10.2 Å². The predicted molar refractivity (Wildman–Crippen MR) is 32.6 cm³/mol. The highest BCUT2D eigenvalue weighted by Gasteiger charge is 2.62. The molecule has 6 heteroatoms. The van der Waals surface area contributed by atoms with Crippen LogP contribution in [0.4, 0.5) is 19.4 Å². The Morgan fingerprint density at radius 3 is 1.50 bits per heavy atom. The molecular weight excluding hydrogens is 175 g/mol. The van der Waals surface area contributed by atoms with E-state index in [0.29, 0.717) is 0 Å². The van der Waals surface area contributed by atoms with Crippen LogP contribution >= 0.6 is 10.2 Å². The molecule has 0 aliphatic heterocycles. The van der Waals surface area contributed by atoms with Crippen molar-refractivity contribution in [3.63, 3.8) is 0 Å². The van der Waals surface area contributed by atoms with Crippen LogP contribution in [0.5, 0.6) is 0 Å². The Bertz CT molecular complexity index is 119. The molecule has 0 unspecified atom stereocenters. The van der Waals surface area contributed by atoms with Crippen LogP contribution in [0.3, 0.4) is 0 Å². The summed E-state index contributed by atoms with van der Waals surface area (Å²) < 4.78 is 56.9. The zero-order chi connectivity index (χ0) is 8.53. The molecule has 0 aromatic heterocycles. The summed E-state index contributed by atoms with van der Waals surface area (Å²) in [5, 5.41) is 0. The SMILES string of the molecule is [CH2]CCCS(F)(F)(F)(F)F. The van der Waals surface area contributed by atoms with Crippen molar-refractivity contribution in [1.29, 1.82) is 0 Å². The quantitative estimate of drug-likeness (QED) is 0.582. The van der Waals surface area contributed by atoms with Gasteiger partial charge in [0, 0.05) is 0 Å². The van der Waals surface area contributed by atoms with Gasteiger partial charge in [0.05, 0.1) is 5.75 Å². The highest BCUT2D eigenvalue weighted by atomic mass is 32.5. The Kier molecular flexibility index (Phi) is 1.78. The summed E-state index contributed by atoms with van der Waals surface area (Å²) >= 11 is 0. The maximum Gasteiger partial charge on any atom is 0.285 e. The maximum absolute atomic E-state index is 11.4. The van der Waals surface area contributed by atoms with E-state index >= 15 is 0 Å². The zero-order valence-electron chi connectivity index (χ0n) is 5.13. The van der Waals surface area contributed by atoms with Gasteiger partial charge in [-0.2, -0.15) is 0 Å². The Labute approximate surface area is 56.1 Å². The summed E-state index contributed by atoms with van der Waals surface area (Å²) in [6, 6.07) is 0. The number of unbranched alkanes of at least 4 members (excludes halogenated alkanes) is 1. The average Bonchev–Trinajstić information content (AvgIpc) is 1.55. The lowest BCUT2D eigenvalue weighted by Crippen LogP contribution is -2.10. The molecule has 0 spiro atoms. The molecule has 0 bridgehead atoms. The molecule has 0 nitrogen and oxygen atoms in total. The van der Waals surface area contributed by atoms with Crippen LogP contribution in [0.1, 0.15) is 12.8 Å². The number of hydrogen-bond donors (Lipinski definition) is 0. The number of halogens is 5.